The van der Waals surface area contributed by atoms with Crippen molar-refractivity contribution in [1.29, 1.82) is 0 Å². The average Bonchev–Trinajstić information content (AvgIpc) is 2.71. The van der Waals surface area contributed by atoms with Crippen molar-refractivity contribution in [2.45, 2.75) is 25.2 Å². The van der Waals surface area contributed by atoms with Crippen LogP contribution in [0.2, 0.25) is 10.0 Å². The fourth-order valence-corrected chi connectivity index (χ4v) is 3.29. The molecule has 1 heterocycles. The highest BCUT2D eigenvalue weighted by molar-refractivity contribution is 6.36. The first-order valence-electron chi connectivity index (χ1n) is 5.83. The van der Waals surface area contributed by atoms with E-state index in [1.54, 1.807) is 0 Å². The summed E-state index contributed by atoms with van der Waals surface area (Å²) in [6, 6.07) is 5.60. The monoisotopic (exact) mass is 282 g/mol. The first-order chi connectivity index (χ1) is 8.66. The molecule has 1 aliphatic rings. The molecule has 1 unspecified atom stereocenters. The van der Waals surface area contributed by atoms with Gasteiger partial charge in [-0.2, -0.15) is 0 Å². The van der Waals surface area contributed by atoms with Gasteiger partial charge in [-0.25, -0.2) is 0 Å². The molecule has 2 N–H and O–H groups in total. The van der Waals surface area contributed by atoms with Crippen molar-refractivity contribution in [2.24, 2.45) is 0 Å². The largest absolute Gasteiger partial charge is 0.367 e. The molecular formula is C13H12Cl2N2O. The fraction of sp³-hybridized carbons (Fsp3) is 0.308. The van der Waals surface area contributed by atoms with Crippen LogP contribution in [-0.2, 0) is 12.8 Å². The summed E-state index contributed by atoms with van der Waals surface area (Å²) in [5.41, 5.74) is 8.70. The second-order valence-electron chi connectivity index (χ2n) is 4.55. The summed E-state index contributed by atoms with van der Waals surface area (Å²) < 4.78 is 5.02. The number of nitrogen functional groups attached to an aromatic ring is 1. The summed E-state index contributed by atoms with van der Waals surface area (Å²) in [5, 5.41) is 5.44. The maximum atomic E-state index is 6.24. The van der Waals surface area contributed by atoms with Gasteiger partial charge in [0, 0.05) is 22.0 Å². The fourth-order valence-electron chi connectivity index (χ4n) is 2.59. The minimum atomic E-state index is 0.281. The minimum absolute atomic E-state index is 0.281. The Morgan fingerprint density at radius 3 is 2.72 bits per heavy atom. The number of halogens is 2. The SMILES string of the molecule is Nc1onc2c1CCC(c1c(Cl)cccc1Cl)C2. The number of fused-ring (bicyclic) bond motifs is 1. The smallest absolute Gasteiger partial charge is 0.225 e. The van der Waals surface area contributed by atoms with Crippen LogP contribution in [0, 0.1) is 0 Å². The quantitative estimate of drug-likeness (QED) is 0.865. The van der Waals surface area contributed by atoms with Crippen LogP contribution in [0.15, 0.2) is 22.7 Å². The Hall–Kier alpha value is -1.19. The molecule has 0 saturated carbocycles. The lowest BCUT2D eigenvalue weighted by atomic mass is 9.83. The van der Waals surface area contributed by atoms with Crippen molar-refractivity contribution >= 4 is 29.1 Å². The van der Waals surface area contributed by atoms with Crippen LogP contribution in [0.5, 0.6) is 0 Å². The van der Waals surface area contributed by atoms with Gasteiger partial charge in [0.2, 0.25) is 5.88 Å². The van der Waals surface area contributed by atoms with Crippen molar-refractivity contribution in [1.82, 2.24) is 5.16 Å². The molecule has 0 aliphatic heterocycles. The summed E-state index contributed by atoms with van der Waals surface area (Å²) in [5.74, 6) is 0.719. The first-order valence-corrected chi connectivity index (χ1v) is 6.59. The van der Waals surface area contributed by atoms with Gasteiger partial charge in [0.05, 0.1) is 5.69 Å². The van der Waals surface area contributed by atoms with E-state index in [9.17, 15) is 0 Å². The van der Waals surface area contributed by atoms with Gasteiger partial charge in [0.1, 0.15) is 0 Å². The molecule has 1 aromatic carbocycles. The minimum Gasteiger partial charge on any atom is -0.367 e. The zero-order valence-electron chi connectivity index (χ0n) is 9.62. The summed E-state index contributed by atoms with van der Waals surface area (Å²) in [7, 11) is 0. The Balaban J connectivity index is 1.97. The van der Waals surface area contributed by atoms with E-state index in [4.69, 9.17) is 33.5 Å². The predicted molar refractivity (Wildman–Crippen MR) is 72.1 cm³/mol. The summed E-state index contributed by atoms with van der Waals surface area (Å²) in [4.78, 5) is 0. The lowest BCUT2D eigenvalue weighted by molar-refractivity contribution is 0.424. The van der Waals surface area contributed by atoms with Gasteiger partial charge >= 0.3 is 0 Å². The van der Waals surface area contributed by atoms with Gasteiger partial charge in [0.15, 0.2) is 0 Å². The maximum Gasteiger partial charge on any atom is 0.225 e. The molecule has 1 aromatic heterocycles. The molecule has 0 fully saturated rings. The van der Waals surface area contributed by atoms with Gasteiger partial charge in [-0.1, -0.05) is 34.4 Å². The van der Waals surface area contributed by atoms with E-state index in [1.807, 2.05) is 18.2 Å². The number of rotatable bonds is 1. The molecule has 1 atom stereocenters. The van der Waals surface area contributed by atoms with E-state index in [-0.39, 0.29) is 5.92 Å². The van der Waals surface area contributed by atoms with Crippen LogP contribution < -0.4 is 5.73 Å². The third-order valence-electron chi connectivity index (χ3n) is 3.49. The molecule has 1 aliphatic carbocycles. The highest BCUT2D eigenvalue weighted by Gasteiger charge is 2.27. The zero-order valence-corrected chi connectivity index (χ0v) is 11.1. The molecule has 0 spiro atoms. The number of aromatic nitrogens is 1. The highest BCUT2D eigenvalue weighted by atomic mass is 35.5. The standard InChI is InChI=1S/C13H12Cl2N2O/c14-9-2-1-3-10(15)12(9)7-4-5-8-11(6-7)17-18-13(8)16/h1-3,7H,4-6,16H2. The van der Waals surface area contributed by atoms with Crippen molar-refractivity contribution in [3.63, 3.8) is 0 Å². The number of nitrogens with zero attached hydrogens (tertiary/aromatic N) is 1. The van der Waals surface area contributed by atoms with Crippen LogP contribution in [-0.4, -0.2) is 5.16 Å². The van der Waals surface area contributed by atoms with Crippen LogP contribution >= 0.6 is 23.2 Å². The Morgan fingerprint density at radius 2 is 2.00 bits per heavy atom. The lowest BCUT2D eigenvalue weighted by Crippen LogP contribution is -2.13. The molecule has 0 radical (unpaired) electrons. The van der Waals surface area contributed by atoms with Crippen LogP contribution in [0.1, 0.15) is 29.2 Å². The lowest BCUT2D eigenvalue weighted by Gasteiger charge is -2.23. The summed E-state index contributed by atoms with van der Waals surface area (Å²) >= 11 is 12.5. The van der Waals surface area contributed by atoms with Crippen molar-refractivity contribution in [2.75, 3.05) is 5.73 Å². The van der Waals surface area contributed by atoms with Crippen molar-refractivity contribution < 1.29 is 4.52 Å². The third-order valence-corrected chi connectivity index (χ3v) is 4.15. The van der Waals surface area contributed by atoms with Gasteiger partial charge in [-0.3, -0.25) is 0 Å². The van der Waals surface area contributed by atoms with Crippen molar-refractivity contribution in [3.05, 3.63) is 45.1 Å². The maximum absolute atomic E-state index is 6.24. The zero-order chi connectivity index (χ0) is 12.7. The normalized spacial score (nSPS) is 18.7. The Bertz CT molecular complexity index is 574. The molecule has 3 rings (SSSR count). The van der Waals surface area contributed by atoms with E-state index in [0.29, 0.717) is 15.9 Å². The molecule has 5 heteroatoms. The molecule has 0 bridgehead atoms. The molecular weight excluding hydrogens is 271 g/mol. The van der Waals surface area contributed by atoms with Crippen LogP contribution in [0.25, 0.3) is 0 Å². The van der Waals surface area contributed by atoms with Crippen molar-refractivity contribution in [3.8, 4) is 0 Å². The second-order valence-corrected chi connectivity index (χ2v) is 5.36. The molecule has 94 valence electrons. The molecule has 3 nitrogen and oxygen atoms in total. The second kappa shape index (κ2) is 4.48. The van der Waals surface area contributed by atoms with E-state index < -0.39 is 0 Å². The Morgan fingerprint density at radius 1 is 1.28 bits per heavy atom. The number of hydrogen-bond acceptors (Lipinski definition) is 3. The summed E-state index contributed by atoms with van der Waals surface area (Å²) in [6.45, 7) is 0. The van der Waals surface area contributed by atoms with Gasteiger partial charge < -0.3 is 10.3 Å². The van der Waals surface area contributed by atoms with Crippen LogP contribution in [0.3, 0.4) is 0 Å². The predicted octanol–water partition coefficient (Wildman–Crippen LogP) is 3.84. The summed E-state index contributed by atoms with van der Waals surface area (Å²) in [6.07, 6.45) is 2.60. The van der Waals surface area contributed by atoms with E-state index in [1.165, 1.54) is 0 Å². The number of benzene rings is 1. The highest BCUT2D eigenvalue weighted by Crippen LogP contribution is 2.40. The Kier molecular flexibility index (Phi) is 2.96. The van der Waals surface area contributed by atoms with Gasteiger partial charge in [-0.05, 0) is 36.5 Å². The number of nitrogens with two attached hydrogens (primary N) is 1. The van der Waals surface area contributed by atoms with Gasteiger partial charge in [0.25, 0.3) is 0 Å². The number of anilines is 1. The first kappa shape index (κ1) is 11.9. The van der Waals surface area contributed by atoms with Crippen LogP contribution in [0.4, 0.5) is 5.88 Å². The van der Waals surface area contributed by atoms with E-state index >= 15 is 0 Å². The topological polar surface area (TPSA) is 52.0 Å². The Labute approximate surface area is 115 Å². The van der Waals surface area contributed by atoms with E-state index in [0.717, 1.165) is 36.1 Å². The molecule has 0 saturated heterocycles. The number of hydrogen-bond donors (Lipinski definition) is 1. The molecule has 0 amide bonds. The third kappa shape index (κ3) is 1.88. The molecule has 2 aromatic rings. The van der Waals surface area contributed by atoms with E-state index in [2.05, 4.69) is 5.16 Å². The molecule has 18 heavy (non-hydrogen) atoms. The average molecular weight is 283 g/mol. The van der Waals surface area contributed by atoms with Gasteiger partial charge in [-0.15, -0.1) is 0 Å².